The van der Waals surface area contributed by atoms with Gasteiger partial charge in [-0.15, -0.1) is 0 Å². The summed E-state index contributed by atoms with van der Waals surface area (Å²) < 4.78 is 0. The van der Waals surface area contributed by atoms with Crippen LogP contribution in [0.5, 0.6) is 0 Å². The number of carbonyl (C=O) groups excluding carboxylic acids is 1. The minimum Gasteiger partial charge on any atom is -0.303 e. The monoisotopic (exact) mass is 195 g/mol. The molecule has 0 N–H and O–H groups in total. The largest absolute Gasteiger partial charge is 0.303 e. The van der Waals surface area contributed by atoms with E-state index in [0.717, 1.165) is 25.8 Å². The zero-order valence-corrected chi connectivity index (χ0v) is 9.00. The van der Waals surface area contributed by atoms with Crippen molar-refractivity contribution >= 4 is 5.78 Å². The zero-order valence-electron chi connectivity index (χ0n) is 9.00. The fourth-order valence-electron chi connectivity index (χ4n) is 2.71. The Kier molecular flexibility index (Phi) is 3.57. The lowest BCUT2D eigenvalue weighted by Gasteiger charge is -2.22. The Hall–Kier alpha value is -0.370. The first-order valence-corrected chi connectivity index (χ1v) is 6.11. The van der Waals surface area contributed by atoms with Crippen molar-refractivity contribution < 1.29 is 4.79 Å². The van der Waals surface area contributed by atoms with E-state index < -0.39 is 0 Å². The van der Waals surface area contributed by atoms with E-state index in [2.05, 4.69) is 4.90 Å². The molecule has 0 radical (unpaired) electrons. The molecule has 2 aliphatic rings. The maximum atomic E-state index is 11.5. The van der Waals surface area contributed by atoms with Gasteiger partial charge in [0.25, 0.3) is 0 Å². The first-order chi connectivity index (χ1) is 6.86. The van der Waals surface area contributed by atoms with Crippen LogP contribution in [0.4, 0.5) is 0 Å². The van der Waals surface area contributed by atoms with Gasteiger partial charge in [-0.25, -0.2) is 0 Å². The Morgan fingerprint density at radius 1 is 1.07 bits per heavy atom. The molecule has 1 saturated carbocycles. The normalized spacial score (nSPS) is 30.6. The molecule has 2 fully saturated rings. The number of ketones is 1. The molecule has 1 heterocycles. The summed E-state index contributed by atoms with van der Waals surface area (Å²) in [6.07, 6.45) is 8.57. The quantitative estimate of drug-likeness (QED) is 0.673. The molecule has 2 rings (SSSR count). The van der Waals surface area contributed by atoms with E-state index in [0.29, 0.717) is 11.7 Å². The van der Waals surface area contributed by atoms with E-state index in [4.69, 9.17) is 0 Å². The van der Waals surface area contributed by atoms with Crippen LogP contribution in [-0.4, -0.2) is 30.3 Å². The fraction of sp³-hybridized carbons (Fsp3) is 0.917. The summed E-state index contributed by atoms with van der Waals surface area (Å²) in [5, 5.41) is 0. The highest BCUT2D eigenvalue weighted by Gasteiger charge is 2.26. The summed E-state index contributed by atoms with van der Waals surface area (Å²) in [5.41, 5.74) is 0. The van der Waals surface area contributed by atoms with Crippen molar-refractivity contribution in [3.05, 3.63) is 0 Å². The van der Waals surface area contributed by atoms with Gasteiger partial charge in [0.2, 0.25) is 0 Å². The smallest absolute Gasteiger partial charge is 0.137 e. The zero-order chi connectivity index (χ0) is 9.80. The summed E-state index contributed by atoms with van der Waals surface area (Å²) in [7, 11) is 0. The van der Waals surface area contributed by atoms with Crippen molar-refractivity contribution in [2.24, 2.45) is 5.92 Å². The highest BCUT2D eigenvalue weighted by atomic mass is 16.1. The van der Waals surface area contributed by atoms with Crippen LogP contribution in [0.25, 0.3) is 0 Å². The summed E-state index contributed by atoms with van der Waals surface area (Å²) in [4.78, 5) is 14.0. The van der Waals surface area contributed by atoms with Gasteiger partial charge in [-0.3, -0.25) is 4.79 Å². The fourth-order valence-corrected chi connectivity index (χ4v) is 2.71. The number of Topliss-reactive ketones (excluding diaryl/α,β-unsaturated/α-hetero) is 1. The highest BCUT2D eigenvalue weighted by molar-refractivity contribution is 5.83. The maximum absolute atomic E-state index is 11.5. The van der Waals surface area contributed by atoms with Crippen molar-refractivity contribution in [2.45, 2.75) is 44.9 Å². The average molecular weight is 195 g/mol. The van der Waals surface area contributed by atoms with Gasteiger partial charge >= 0.3 is 0 Å². The molecule has 0 aromatic rings. The second-order valence-electron chi connectivity index (χ2n) is 4.77. The number of carbonyl (C=O) groups is 1. The lowest BCUT2D eigenvalue weighted by Crippen LogP contribution is -2.32. The molecule has 1 unspecified atom stereocenters. The molecule has 1 saturated heterocycles. The molecule has 0 bridgehead atoms. The minimum absolute atomic E-state index is 0.382. The summed E-state index contributed by atoms with van der Waals surface area (Å²) in [5.74, 6) is 0.905. The number of nitrogens with zero attached hydrogens (tertiary/aromatic N) is 1. The summed E-state index contributed by atoms with van der Waals surface area (Å²) in [6.45, 7) is 3.51. The molecular formula is C12H21NO. The molecule has 2 heteroatoms. The second-order valence-corrected chi connectivity index (χ2v) is 4.77. The van der Waals surface area contributed by atoms with Crippen LogP contribution in [-0.2, 0) is 4.79 Å². The van der Waals surface area contributed by atoms with Crippen molar-refractivity contribution in [3.63, 3.8) is 0 Å². The first-order valence-electron chi connectivity index (χ1n) is 6.11. The van der Waals surface area contributed by atoms with Gasteiger partial charge in [0, 0.05) is 18.9 Å². The molecule has 1 aliphatic heterocycles. The molecule has 1 atom stereocenters. The van der Waals surface area contributed by atoms with E-state index in [1.165, 1.54) is 38.8 Å². The van der Waals surface area contributed by atoms with Crippen molar-refractivity contribution in [1.82, 2.24) is 4.90 Å². The van der Waals surface area contributed by atoms with Crippen molar-refractivity contribution in [2.75, 3.05) is 19.6 Å². The number of hydrogen-bond donors (Lipinski definition) is 0. The van der Waals surface area contributed by atoms with E-state index in [9.17, 15) is 4.79 Å². The molecule has 0 aromatic heterocycles. The maximum Gasteiger partial charge on any atom is 0.137 e. The Morgan fingerprint density at radius 3 is 2.36 bits per heavy atom. The molecule has 0 spiro atoms. The number of hydrogen-bond acceptors (Lipinski definition) is 2. The highest BCUT2D eigenvalue weighted by Crippen LogP contribution is 2.23. The van der Waals surface area contributed by atoms with Crippen LogP contribution in [0.2, 0.25) is 0 Å². The lowest BCUT2D eigenvalue weighted by molar-refractivity contribution is -0.121. The van der Waals surface area contributed by atoms with Gasteiger partial charge in [-0.1, -0.05) is 12.8 Å². The molecular weight excluding hydrogens is 174 g/mol. The molecule has 0 aromatic carbocycles. The molecule has 1 aliphatic carbocycles. The summed E-state index contributed by atoms with van der Waals surface area (Å²) in [6, 6.07) is 0. The van der Waals surface area contributed by atoms with Gasteiger partial charge < -0.3 is 4.90 Å². The van der Waals surface area contributed by atoms with Crippen molar-refractivity contribution in [1.29, 1.82) is 0 Å². The van der Waals surface area contributed by atoms with Gasteiger partial charge in [0.15, 0.2) is 0 Å². The van der Waals surface area contributed by atoms with Crippen LogP contribution >= 0.6 is 0 Å². The van der Waals surface area contributed by atoms with E-state index in [1.807, 2.05) is 0 Å². The summed E-state index contributed by atoms with van der Waals surface area (Å²) >= 11 is 0. The van der Waals surface area contributed by atoms with Gasteiger partial charge in [-0.2, -0.15) is 0 Å². The van der Waals surface area contributed by atoms with Gasteiger partial charge in [0.05, 0.1) is 0 Å². The Morgan fingerprint density at radius 2 is 1.79 bits per heavy atom. The van der Waals surface area contributed by atoms with Crippen LogP contribution in [0.3, 0.4) is 0 Å². The SMILES string of the molecule is O=C1CCCC1CN1CCCCCC1. The lowest BCUT2D eigenvalue weighted by atomic mass is 10.1. The number of likely N-dealkylation sites (tertiary alicyclic amines) is 1. The molecule has 80 valence electrons. The van der Waals surface area contributed by atoms with Crippen LogP contribution in [0, 0.1) is 5.92 Å². The molecule has 0 amide bonds. The Bertz CT molecular complexity index is 194. The number of rotatable bonds is 2. The predicted molar refractivity (Wildman–Crippen MR) is 57.3 cm³/mol. The van der Waals surface area contributed by atoms with E-state index >= 15 is 0 Å². The van der Waals surface area contributed by atoms with E-state index in [-0.39, 0.29) is 0 Å². The van der Waals surface area contributed by atoms with Crippen LogP contribution in [0.1, 0.15) is 44.9 Å². The van der Waals surface area contributed by atoms with Gasteiger partial charge in [0.1, 0.15) is 5.78 Å². The van der Waals surface area contributed by atoms with Gasteiger partial charge in [-0.05, 0) is 38.8 Å². The van der Waals surface area contributed by atoms with Crippen LogP contribution < -0.4 is 0 Å². The predicted octanol–water partition coefficient (Wildman–Crippen LogP) is 2.23. The van der Waals surface area contributed by atoms with Crippen molar-refractivity contribution in [3.8, 4) is 0 Å². The third-order valence-corrected chi connectivity index (χ3v) is 3.61. The average Bonchev–Trinajstić information content (AvgIpc) is 2.44. The standard InChI is InChI=1S/C12H21NO/c14-12-7-5-6-11(12)10-13-8-3-1-2-4-9-13/h11H,1-10H2. The topological polar surface area (TPSA) is 20.3 Å². The third-order valence-electron chi connectivity index (χ3n) is 3.61. The third kappa shape index (κ3) is 2.57. The van der Waals surface area contributed by atoms with E-state index in [1.54, 1.807) is 0 Å². The Labute approximate surface area is 86.7 Å². The Balaban J connectivity index is 1.80. The molecule has 2 nitrogen and oxygen atoms in total. The first kappa shape index (κ1) is 10.2. The second kappa shape index (κ2) is 4.92. The van der Waals surface area contributed by atoms with Crippen LogP contribution in [0.15, 0.2) is 0 Å². The minimum atomic E-state index is 0.382. The molecule has 14 heavy (non-hydrogen) atoms.